The van der Waals surface area contributed by atoms with Gasteiger partial charge >= 0.3 is 0 Å². The summed E-state index contributed by atoms with van der Waals surface area (Å²) in [5, 5.41) is 36.0. The smallest absolute Gasteiger partial charge is 0 e. The normalized spacial score (nSPS) is 13.0. The summed E-state index contributed by atoms with van der Waals surface area (Å²) in [6, 6.07) is 0. The van der Waals surface area contributed by atoms with Gasteiger partial charge in [-0.1, -0.05) is 60.6 Å². The summed E-state index contributed by atoms with van der Waals surface area (Å²) in [6.45, 7) is 17.0. The first kappa shape index (κ1) is 33.9. The van der Waals surface area contributed by atoms with E-state index < -0.39 is 0 Å². The van der Waals surface area contributed by atoms with Gasteiger partial charge in [0.2, 0.25) is 0 Å². The molecule has 0 amide bonds. The zero-order valence-corrected chi connectivity index (χ0v) is 18.6. The van der Waals surface area contributed by atoms with Gasteiger partial charge in [0.05, 0.1) is 0 Å². The van der Waals surface area contributed by atoms with Gasteiger partial charge in [0.15, 0.2) is 0 Å². The Morgan fingerprint density at radius 3 is 1.14 bits per heavy atom. The van der Waals surface area contributed by atoms with Crippen LogP contribution in [0.15, 0.2) is 47.2 Å². The first-order valence-electron chi connectivity index (χ1n) is 8.03. The van der Waals surface area contributed by atoms with Crippen LogP contribution in [0.4, 0.5) is 0 Å². The van der Waals surface area contributed by atoms with Crippen molar-refractivity contribution in [2.24, 2.45) is 5.41 Å². The molecule has 1 aliphatic heterocycles. The van der Waals surface area contributed by atoms with E-state index in [0.29, 0.717) is 22.8 Å². The van der Waals surface area contributed by atoms with E-state index in [2.05, 4.69) is 54.9 Å². The Bertz CT molecular complexity index is 419. The number of hydroxylamine groups is 4. The molecule has 9 nitrogen and oxygen atoms in total. The second-order valence-corrected chi connectivity index (χ2v) is 6.44. The van der Waals surface area contributed by atoms with Crippen LogP contribution in [0.2, 0.25) is 0 Å². The van der Waals surface area contributed by atoms with Crippen LogP contribution < -0.4 is 0 Å². The Morgan fingerprint density at radius 2 is 1.07 bits per heavy atom. The van der Waals surface area contributed by atoms with Crippen LogP contribution in [-0.4, -0.2) is 27.4 Å². The van der Waals surface area contributed by atoms with Crippen molar-refractivity contribution >= 4 is 0 Å². The zero-order valence-electron chi connectivity index (χ0n) is 17.6. The maximum atomic E-state index is 8.03. The van der Waals surface area contributed by atoms with E-state index in [1.165, 1.54) is 27.7 Å². The van der Waals surface area contributed by atoms with E-state index >= 15 is 0 Å². The molecule has 0 saturated carbocycles. The molecule has 0 spiro atoms. The molecule has 0 fully saturated rings. The largest absolute Gasteiger partial charge is 0.687 e. The van der Waals surface area contributed by atoms with Crippen LogP contribution in [-0.2, 0) is 16.8 Å². The number of hydrogen-bond acceptors (Lipinski definition) is 4. The van der Waals surface area contributed by atoms with E-state index in [0.717, 1.165) is 6.54 Å². The minimum Gasteiger partial charge on any atom is -0.687 e. The molecule has 1 rings (SSSR count). The molecule has 0 atom stereocenters. The molecule has 0 unspecified atom stereocenters. The average molecular weight is 442 g/mol. The van der Waals surface area contributed by atoms with E-state index in [1.54, 1.807) is 6.20 Å². The van der Waals surface area contributed by atoms with E-state index in [4.69, 9.17) is 20.8 Å². The van der Waals surface area contributed by atoms with Crippen molar-refractivity contribution in [3.63, 3.8) is 0 Å². The molecular weight excluding hydrogens is 409 g/mol. The summed E-state index contributed by atoms with van der Waals surface area (Å²) in [5.41, 5.74) is 12.6. The van der Waals surface area contributed by atoms with Gasteiger partial charge in [0.1, 0.15) is 0 Å². The Hall–Kier alpha value is -1.69. The van der Waals surface area contributed by atoms with Crippen molar-refractivity contribution in [2.75, 3.05) is 6.54 Å². The van der Waals surface area contributed by atoms with Crippen LogP contribution in [0.3, 0.4) is 0 Å². The third-order valence-corrected chi connectivity index (χ3v) is 2.30. The third-order valence-electron chi connectivity index (χ3n) is 2.30. The molecule has 0 aromatic heterocycles. The van der Waals surface area contributed by atoms with Gasteiger partial charge in [-0.25, -0.2) is 0 Å². The first-order valence-corrected chi connectivity index (χ1v) is 8.03. The van der Waals surface area contributed by atoms with Crippen molar-refractivity contribution in [1.29, 1.82) is 0 Å². The molecular formula is C18H33CoN5O4-6. The Labute approximate surface area is 179 Å². The minimum atomic E-state index is 0. The van der Waals surface area contributed by atoms with Crippen molar-refractivity contribution in [3.05, 3.63) is 81.4 Å². The SMILES string of the molecule is C/C([N-]O)=C(\C)[N-]O.C/C([N-]O)=C(\C)[N-]O.C1=CC[N-]C=C1.[CH2-]C(C)(C)C.[Co]. The average Bonchev–Trinajstić information content (AvgIpc) is 2.66. The summed E-state index contributed by atoms with van der Waals surface area (Å²) >= 11 is 0. The van der Waals surface area contributed by atoms with Gasteiger partial charge in [-0.2, -0.15) is 34.4 Å². The number of rotatable bonds is 4. The Kier molecular flexibility index (Phi) is 26.1. The fraction of sp³-hybridized carbons (Fsp3) is 0.500. The van der Waals surface area contributed by atoms with Gasteiger partial charge in [-0.3, -0.25) is 0 Å². The maximum Gasteiger partial charge on any atom is 0 e. The van der Waals surface area contributed by atoms with Crippen LogP contribution in [0.25, 0.3) is 27.2 Å². The molecule has 1 heterocycles. The molecule has 0 saturated heterocycles. The molecule has 0 aliphatic carbocycles. The van der Waals surface area contributed by atoms with Crippen LogP contribution in [0, 0.1) is 12.3 Å². The van der Waals surface area contributed by atoms with Gasteiger partial charge in [0, 0.05) is 16.8 Å². The number of nitrogens with zero attached hydrogens (tertiary/aromatic N) is 5. The summed E-state index contributed by atoms with van der Waals surface area (Å²) in [6.07, 6.45) is 7.73. The monoisotopic (exact) mass is 442 g/mol. The van der Waals surface area contributed by atoms with Gasteiger partial charge in [-0.15, -0.1) is 12.6 Å². The second-order valence-electron chi connectivity index (χ2n) is 6.44. The van der Waals surface area contributed by atoms with Crippen molar-refractivity contribution in [1.82, 2.24) is 0 Å². The number of allylic oxidation sites excluding steroid dienone is 6. The standard InChI is InChI=1S/C5H6N.C5H11.2C4H8N2O2.Co/c1-2-4-6-5-3-1;1-5(2,3)4;2*1-3(5-7)4(2)6-8;/h1-4H,5H2;1H2,2-4H3;2*7-8H,1-2H3;/q2*-1;2*-2;/b;;2*4-3-;. The Balaban J connectivity index is -0.000000138. The summed E-state index contributed by atoms with van der Waals surface area (Å²) in [4.78, 5) is 0. The first-order chi connectivity index (χ1) is 12.4. The quantitative estimate of drug-likeness (QED) is 0.278. The molecule has 169 valence electrons. The van der Waals surface area contributed by atoms with Crippen molar-refractivity contribution < 1.29 is 37.6 Å². The molecule has 0 aromatic carbocycles. The second kappa shape index (κ2) is 21.6. The van der Waals surface area contributed by atoms with E-state index in [1.807, 2.05) is 18.2 Å². The fourth-order valence-corrected chi connectivity index (χ4v) is 0.661. The van der Waals surface area contributed by atoms with Gasteiger partial charge in [-0.05, 0) is 0 Å². The number of hydrogen-bond donors (Lipinski definition) is 4. The fourth-order valence-electron chi connectivity index (χ4n) is 0.661. The third kappa shape index (κ3) is 32.0. The maximum absolute atomic E-state index is 8.03. The van der Waals surface area contributed by atoms with Crippen LogP contribution in [0.1, 0.15) is 48.5 Å². The molecule has 0 bridgehead atoms. The van der Waals surface area contributed by atoms with Gasteiger partial charge < -0.3 is 55.0 Å². The molecule has 1 radical (unpaired) electrons. The van der Waals surface area contributed by atoms with Crippen LogP contribution >= 0.6 is 0 Å². The minimum absolute atomic E-state index is 0. The summed E-state index contributed by atoms with van der Waals surface area (Å²) in [5.74, 6) is 0. The summed E-state index contributed by atoms with van der Waals surface area (Å²) in [7, 11) is 0. The summed E-state index contributed by atoms with van der Waals surface area (Å²) < 4.78 is 0. The molecule has 28 heavy (non-hydrogen) atoms. The van der Waals surface area contributed by atoms with Gasteiger partial charge in [0.25, 0.3) is 0 Å². The molecule has 1 aliphatic rings. The molecule has 10 heteroatoms. The predicted molar refractivity (Wildman–Crippen MR) is 109 cm³/mol. The van der Waals surface area contributed by atoms with E-state index in [-0.39, 0.29) is 22.2 Å². The topological polar surface area (TPSA) is 151 Å². The van der Waals surface area contributed by atoms with E-state index in [9.17, 15) is 0 Å². The molecule has 0 aromatic rings. The Morgan fingerprint density at radius 1 is 0.786 bits per heavy atom. The predicted octanol–water partition coefficient (Wildman–Crippen LogP) is 6.83. The van der Waals surface area contributed by atoms with Crippen molar-refractivity contribution in [2.45, 2.75) is 48.5 Å². The molecule has 4 N–H and O–H groups in total. The van der Waals surface area contributed by atoms with Crippen LogP contribution in [0.5, 0.6) is 0 Å². The zero-order chi connectivity index (χ0) is 21.9. The van der Waals surface area contributed by atoms with Crippen molar-refractivity contribution in [3.8, 4) is 0 Å².